The van der Waals surface area contributed by atoms with E-state index in [0.717, 1.165) is 11.1 Å². The lowest BCUT2D eigenvalue weighted by Gasteiger charge is -2.01. The second kappa shape index (κ2) is 3.90. The summed E-state index contributed by atoms with van der Waals surface area (Å²) in [6.07, 6.45) is 3.32. The molecular weight excluding hydrogens is 217 g/mol. The smallest absolute Gasteiger partial charge is 0.178 e. The number of nitrogens with zero attached hydrogens (tertiary/aromatic N) is 3. The SMILES string of the molecule is Fc1ccc(-c2cnc3ncccc3n2)cc1. The van der Waals surface area contributed by atoms with Gasteiger partial charge in [0.1, 0.15) is 11.3 Å². The highest BCUT2D eigenvalue weighted by Crippen LogP contribution is 2.18. The van der Waals surface area contributed by atoms with Crippen LogP contribution in [0.25, 0.3) is 22.4 Å². The zero-order valence-corrected chi connectivity index (χ0v) is 8.84. The molecule has 0 saturated heterocycles. The van der Waals surface area contributed by atoms with Gasteiger partial charge in [0.05, 0.1) is 11.9 Å². The highest BCUT2D eigenvalue weighted by molar-refractivity contribution is 5.73. The van der Waals surface area contributed by atoms with E-state index in [1.807, 2.05) is 12.1 Å². The summed E-state index contributed by atoms with van der Waals surface area (Å²) in [6.45, 7) is 0. The van der Waals surface area contributed by atoms with E-state index in [2.05, 4.69) is 15.0 Å². The van der Waals surface area contributed by atoms with Gasteiger partial charge in [0.25, 0.3) is 0 Å². The Kier molecular flexibility index (Phi) is 2.26. The van der Waals surface area contributed by atoms with E-state index in [0.29, 0.717) is 11.3 Å². The molecule has 0 bridgehead atoms. The third-order valence-electron chi connectivity index (χ3n) is 2.46. The Morgan fingerprint density at radius 3 is 2.59 bits per heavy atom. The van der Waals surface area contributed by atoms with Crippen LogP contribution in [0, 0.1) is 5.82 Å². The minimum absolute atomic E-state index is 0.260. The average molecular weight is 225 g/mol. The Bertz CT molecular complexity index is 665. The Morgan fingerprint density at radius 2 is 1.76 bits per heavy atom. The summed E-state index contributed by atoms with van der Waals surface area (Å²) < 4.78 is 12.8. The predicted molar refractivity (Wildman–Crippen MR) is 62.7 cm³/mol. The summed E-state index contributed by atoms with van der Waals surface area (Å²) in [5.41, 5.74) is 2.89. The average Bonchev–Trinajstić information content (AvgIpc) is 2.39. The Balaban J connectivity index is 2.14. The fourth-order valence-corrected chi connectivity index (χ4v) is 1.62. The van der Waals surface area contributed by atoms with Crippen molar-refractivity contribution >= 4 is 11.2 Å². The first-order chi connectivity index (χ1) is 8.33. The van der Waals surface area contributed by atoms with Crippen LogP contribution in [-0.4, -0.2) is 15.0 Å². The molecular formula is C13H8FN3. The van der Waals surface area contributed by atoms with Gasteiger partial charge in [-0.05, 0) is 36.4 Å². The molecule has 0 unspecified atom stereocenters. The molecule has 0 amide bonds. The molecule has 0 spiro atoms. The van der Waals surface area contributed by atoms with Crippen LogP contribution < -0.4 is 0 Å². The van der Waals surface area contributed by atoms with Crippen LogP contribution in [-0.2, 0) is 0 Å². The Labute approximate surface area is 97.0 Å². The maximum atomic E-state index is 12.8. The zero-order chi connectivity index (χ0) is 11.7. The minimum Gasteiger partial charge on any atom is -0.243 e. The van der Waals surface area contributed by atoms with Crippen LogP contribution >= 0.6 is 0 Å². The fourth-order valence-electron chi connectivity index (χ4n) is 1.62. The van der Waals surface area contributed by atoms with Gasteiger partial charge in [-0.25, -0.2) is 19.3 Å². The van der Waals surface area contributed by atoms with Crippen LogP contribution in [0.4, 0.5) is 4.39 Å². The van der Waals surface area contributed by atoms with E-state index < -0.39 is 0 Å². The molecule has 0 saturated carbocycles. The van der Waals surface area contributed by atoms with Gasteiger partial charge in [-0.1, -0.05) is 0 Å². The molecule has 2 aromatic heterocycles. The van der Waals surface area contributed by atoms with Crippen molar-refractivity contribution < 1.29 is 4.39 Å². The third-order valence-corrected chi connectivity index (χ3v) is 2.46. The van der Waals surface area contributed by atoms with Gasteiger partial charge in [-0.3, -0.25) is 0 Å². The lowest BCUT2D eigenvalue weighted by molar-refractivity contribution is 0.628. The number of aromatic nitrogens is 3. The molecule has 0 aliphatic heterocycles. The van der Waals surface area contributed by atoms with E-state index in [9.17, 15) is 4.39 Å². The van der Waals surface area contributed by atoms with Gasteiger partial charge in [-0.2, -0.15) is 0 Å². The van der Waals surface area contributed by atoms with Crippen LogP contribution in [0.15, 0.2) is 48.8 Å². The fraction of sp³-hybridized carbons (Fsp3) is 0. The van der Waals surface area contributed by atoms with Crippen molar-refractivity contribution in [3.63, 3.8) is 0 Å². The topological polar surface area (TPSA) is 38.7 Å². The van der Waals surface area contributed by atoms with Crippen molar-refractivity contribution in [1.29, 1.82) is 0 Å². The lowest BCUT2D eigenvalue weighted by Crippen LogP contribution is -1.90. The first kappa shape index (κ1) is 9.84. The number of pyridine rings is 1. The van der Waals surface area contributed by atoms with E-state index >= 15 is 0 Å². The second-order valence-corrected chi connectivity index (χ2v) is 3.61. The van der Waals surface area contributed by atoms with Crippen molar-refractivity contribution in [1.82, 2.24) is 15.0 Å². The number of benzene rings is 1. The number of hydrogen-bond acceptors (Lipinski definition) is 3. The van der Waals surface area contributed by atoms with E-state index in [1.165, 1.54) is 12.1 Å². The van der Waals surface area contributed by atoms with Crippen LogP contribution in [0.2, 0.25) is 0 Å². The van der Waals surface area contributed by atoms with E-state index in [1.54, 1.807) is 24.5 Å². The molecule has 0 atom stereocenters. The molecule has 1 aromatic carbocycles. The maximum Gasteiger partial charge on any atom is 0.178 e. The quantitative estimate of drug-likeness (QED) is 0.639. The molecule has 3 nitrogen and oxygen atoms in total. The van der Waals surface area contributed by atoms with Crippen LogP contribution in [0.3, 0.4) is 0 Å². The third kappa shape index (κ3) is 1.85. The van der Waals surface area contributed by atoms with Gasteiger partial charge in [0.15, 0.2) is 5.65 Å². The van der Waals surface area contributed by atoms with E-state index in [-0.39, 0.29) is 5.82 Å². The Hall–Kier alpha value is -2.36. The molecule has 0 N–H and O–H groups in total. The number of fused-ring (bicyclic) bond motifs is 1. The van der Waals surface area contributed by atoms with Crippen LogP contribution in [0.5, 0.6) is 0 Å². The minimum atomic E-state index is -0.260. The normalized spacial score (nSPS) is 10.6. The summed E-state index contributed by atoms with van der Waals surface area (Å²) in [4.78, 5) is 12.7. The molecule has 2 heterocycles. The molecule has 4 heteroatoms. The van der Waals surface area contributed by atoms with Gasteiger partial charge in [0.2, 0.25) is 0 Å². The number of hydrogen-bond donors (Lipinski definition) is 0. The summed E-state index contributed by atoms with van der Waals surface area (Å²) >= 11 is 0. The lowest BCUT2D eigenvalue weighted by atomic mass is 10.1. The molecule has 82 valence electrons. The molecule has 3 rings (SSSR count). The standard InChI is InChI=1S/C13H8FN3/c14-10-5-3-9(4-6-10)12-8-16-13-11(17-12)2-1-7-15-13/h1-8H. The molecule has 0 aliphatic rings. The number of rotatable bonds is 1. The van der Waals surface area contributed by atoms with Crippen molar-refractivity contribution in [2.45, 2.75) is 0 Å². The maximum absolute atomic E-state index is 12.8. The second-order valence-electron chi connectivity index (χ2n) is 3.61. The van der Waals surface area contributed by atoms with E-state index in [4.69, 9.17) is 0 Å². The monoisotopic (exact) mass is 225 g/mol. The highest BCUT2D eigenvalue weighted by atomic mass is 19.1. The molecule has 0 radical (unpaired) electrons. The van der Waals surface area contributed by atoms with Crippen molar-refractivity contribution in [2.24, 2.45) is 0 Å². The van der Waals surface area contributed by atoms with Crippen LogP contribution in [0.1, 0.15) is 0 Å². The first-order valence-electron chi connectivity index (χ1n) is 5.17. The Morgan fingerprint density at radius 1 is 0.941 bits per heavy atom. The zero-order valence-electron chi connectivity index (χ0n) is 8.84. The summed E-state index contributed by atoms with van der Waals surface area (Å²) in [5, 5.41) is 0. The number of halogens is 1. The molecule has 17 heavy (non-hydrogen) atoms. The summed E-state index contributed by atoms with van der Waals surface area (Å²) in [6, 6.07) is 9.84. The highest BCUT2D eigenvalue weighted by Gasteiger charge is 2.02. The van der Waals surface area contributed by atoms with Gasteiger partial charge < -0.3 is 0 Å². The molecule has 0 fully saturated rings. The van der Waals surface area contributed by atoms with Crippen molar-refractivity contribution in [3.8, 4) is 11.3 Å². The van der Waals surface area contributed by atoms with Gasteiger partial charge >= 0.3 is 0 Å². The molecule has 0 aliphatic carbocycles. The largest absolute Gasteiger partial charge is 0.243 e. The molecule has 3 aromatic rings. The van der Waals surface area contributed by atoms with Crippen molar-refractivity contribution in [3.05, 3.63) is 54.6 Å². The summed E-state index contributed by atoms with van der Waals surface area (Å²) in [7, 11) is 0. The van der Waals surface area contributed by atoms with Crippen molar-refractivity contribution in [2.75, 3.05) is 0 Å². The summed E-state index contributed by atoms with van der Waals surface area (Å²) in [5.74, 6) is -0.260. The predicted octanol–water partition coefficient (Wildman–Crippen LogP) is 2.83. The van der Waals surface area contributed by atoms with Gasteiger partial charge in [0, 0.05) is 11.8 Å². The first-order valence-corrected chi connectivity index (χ1v) is 5.17. The van der Waals surface area contributed by atoms with Gasteiger partial charge in [-0.15, -0.1) is 0 Å².